The molecule has 1 aromatic carbocycles. The molecular formula is C23H18FN7O2. The minimum Gasteiger partial charge on any atom is -0.364 e. The first-order valence-corrected chi connectivity index (χ1v) is 9.87. The molecule has 2 amide bonds. The molecular weight excluding hydrogens is 425 g/mol. The molecule has 9 nitrogen and oxygen atoms in total. The molecule has 3 aromatic heterocycles. The highest BCUT2D eigenvalue weighted by Crippen LogP contribution is 2.24. The third-order valence-electron chi connectivity index (χ3n) is 5.16. The van der Waals surface area contributed by atoms with Gasteiger partial charge in [0.05, 0.1) is 34.7 Å². The van der Waals surface area contributed by atoms with Gasteiger partial charge in [0.25, 0.3) is 11.8 Å². The number of carbonyl (C=O) groups is 2. The molecule has 0 saturated carbocycles. The molecule has 164 valence electrons. The lowest BCUT2D eigenvalue weighted by Crippen LogP contribution is -2.18. The third-order valence-corrected chi connectivity index (χ3v) is 5.16. The summed E-state index contributed by atoms with van der Waals surface area (Å²) in [5.41, 5.74) is 8.49. The van der Waals surface area contributed by atoms with Crippen molar-refractivity contribution in [1.29, 1.82) is 5.26 Å². The summed E-state index contributed by atoms with van der Waals surface area (Å²) >= 11 is 0. The zero-order valence-corrected chi connectivity index (χ0v) is 17.8. The number of aromatic nitrogens is 4. The van der Waals surface area contributed by atoms with Crippen molar-refractivity contribution < 1.29 is 14.0 Å². The number of carbonyl (C=O) groups excluding carboxylic acids is 2. The third kappa shape index (κ3) is 4.24. The van der Waals surface area contributed by atoms with Crippen LogP contribution in [0.2, 0.25) is 0 Å². The lowest BCUT2D eigenvalue weighted by atomic mass is 10.1. The van der Waals surface area contributed by atoms with Crippen molar-refractivity contribution in [3.63, 3.8) is 0 Å². The van der Waals surface area contributed by atoms with Gasteiger partial charge in [0.1, 0.15) is 23.3 Å². The first kappa shape index (κ1) is 21.6. The van der Waals surface area contributed by atoms with Crippen LogP contribution in [0.5, 0.6) is 0 Å². The molecule has 0 bridgehead atoms. The number of halogens is 1. The lowest BCUT2D eigenvalue weighted by Gasteiger charge is -2.10. The van der Waals surface area contributed by atoms with Crippen molar-refractivity contribution in [2.75, 3.05) is 5.32 Å². The van der Waals surface area contributed by atoms with Crippen LogP contribution in [0.15, 0.2) is 42.6 Å². The number of anilines is 1. The Labute approximate surface area is 187 Å². The topological polar surface area (TPSA) is 140 Å². The molecule has 0 unspecified atom stereocenters. The van der Waals surface area contributed by atoms with Crippen LogP contribution in [0.1, 0.15) is 43.5 Å². The molecule has 0 saturated heterocycles. The Balaban J connectivity index is 1.68. The second-order valence-electron chi connectivity index (χ2n) is 7.40. The van der Waals surface area contributed by atoms with Crippen molar-refractivity contribution in [2.45, 2.75) is 20.4 Å². The van der Waals surface area contributed by atoms with Crippen molar-refractivity contribution in [3.8, 4) is 6.07 Å². The van der Waals surface area contributed by atoms with Gasteiger partial charge in [-0.3, -0.25) is 14.3 Å². The van der Waals surface area contributed by atoms with E-state index in [0.717, 1.165) is 5.56 Å². The van der Waals surface area contributed by atoms with E-state index in [4.69, 9.17) is 11.0 Å². The van der Waals surface area contributed by atoms with Crippen LogP contribution in [0.25, 0.3) is 10.9 Å². The number of benzene rings is 1. The van der Waals surface area contributed by atoms with Gasteiger partial charge in [-0.2, -0.15) is 10.4 Å². The summed E-state index contributed by atoms with van der Waals surface area (Å²) in [5.74, 6) is -1.89. The number of nitrogens with zero attached hydrogens (tertiary/aromatic N) is 5. The van der Waals surface area contributed by atoms with Gasteiger partial charge in [0, 0.05) is 11.6 Å². The van der Waals surface area contributed by atoms with E-state index in [0.29, 0.717) is 29.3 Å². The van der Waals surface area contributed by atoms with E-state index in [1.54, 1.807) is 36.9 Å². The van der Waals surface area contributed by atoms with Crippen LogP contribution in [-0.4, -0.2) is 31.6 Å². The maximum absolute atomic E-state index is 13.9. The van der Waals surface area contributed by atoms with Crippen molar-refractivity contribution in [2.24, 2.45) is 5.73 Å². The fourth-order valence-electron chi connectivity index (χ4n) is 3.48. The number of nitrogens with two attached hydrogens (primary N) is 1. The molecule has 0 aliphatic carbocycles. The molecule has 0 aliphatic heterocycles. The zero-order valence-electron chi connectivity index (χ0n) is 17.8. The van der Waals surface area contributed by atoms with Gasteiger partial charge in [-0.05, 0) is 49.7 Å². The van der Waals surface area contributed by atoms with E-state index in [1.807, 2.05) is 6.07 Å². The number of nitriles is 1. The largest absolute Gasteiger partial charge is 0.364 e. The number of hydrogen-bond donors (Lipinski definition) is 2. The average Bonchev–Trinajstić information content (AvgIpc) is 3.06. The van der Waals surface area contributed by atoms with Crippen LogP contribution < -0.4 is 11.1 Å². The molecule has 0 radical (unpaired) electrons. The first-order chi connectivity index (χ1) is 15.8. The van der Waals surface area contributed by atoms with Crippen LogP contribution in [0.4, 0.5) is 10.1 Å². The molecule has 3 N–H and O–H groups in total. The van der Waals surface area contributed by atoms with Crippen LogP contribution in [-0.2, 0) is 6.54 Å². The number of rotatable bonds is 5. The Kier molecular flexibility index (Phi) is 5.54. The van der Waals surface area contributed by atoms with E-state index in [-0.39, 0.29) is 22.2 Å². The maximum atomic E-state index is 13.9. The molecule has 0 fully saturated rings. The number of aryl methyl sites for hydroxylation is 1. The molecule has 4 aromatic rings. The molecule has 4 rings (SSSR count). The monoisotopic (exact) mass is 443 g/mol. The minimum atomic E-state index is -0.800. The van der Waals surface area contributed by atoms with Crippen molar-refractivity contribution in [1.82, 2.24) is 19.7 Å². The van der Waals surface area contributed by atoms with Crippen LogP contribution in [0, 0.1) is 31.0 Å². The van der Waals surface area contributed by atoms with Crippen molar-refractivity contribution in [3.05, 3.63) is 82.3 Å². The molecule has 0 atom stereocenters. The van der Waals surface area contributed by atoms with E-state index in [9.17, 15) is 14.0 Å². The number of amides is 2. The van der Waals surface area contributed by atoms with Gasteiger partial charge in [-0.15, -0.1) is 0 Å². The van der Waals surface area contributed by atoms with Gasteiger partial charge in [0.15, 0.2) is 0 Å². The highest BCUT2D eigenvalue weighted by molar-refractivity contribution is 6.14. The minimum absolute atomic E-state index is 0.0659. The second-order valence-corrected chi connectivity index (χ2v) is 7.40. The molecule has 3 heterocycles. The Morgan fingerprint density at radius 3 is 2.67 bits per heavy atom. The Morgan fingerprint density at radius 2 is 2.00 bits per heavy atom. The summed E-state index contributed by atoms with van der Waals surface area (Å²) in [5, 5.41) is 16.4. The smallest absolute Gasteiger partial charge is 0.267 e. The first-order valence-electron chi connectivity index (χ1n) is 9.87. The number of pyridine rings is 2. The van der Waals surface area contributed by atoms with Gasteiger partial charge in [-0.1, -0.05) is 6.07 Å². The number of nitrogens with one attached hydrogen (secondary N) is 1. The van der Waals surface area contributed by atoms with E-state index < -0.39 is 17.6 Å². The summed E-state index contributed by atoms with van der Waals surface area (Å²) < 4.78 is 15.6. The SMILES string of the molecule is Cc1nn(Cc2ccc(C#N)nc2)c(C)c1NC(=O)c1cc(C(N)=O)nc2ccc(F)cc12. The molecule has 10 heteroatoms. The predicted molar refractivity (Wildman–Crippen MR) is 118 cm³/mol. The molecule has 33 heavy (non-hydrogen) atoms. The van der Waals surface area contributed by atoms with Crippen molar-refractivity contribution >= 4 is 28.4 Å². The summed E-state index contributed by atoms with van der Waals surface area (Å²) in [6.45, 7) is 3.93. The fourth-order valence-corrected chi connectivity index (χ4v) is 3.48. The Morgan fingerprint density at radius 1 is 1.21 bits per heavy atom. The van der Waals surface area contributed by atoms with Gasteiger partial charge in [-0.25, -0.2) is 14.4 Å². The summed E-state index contributed by atoms with van der Waals surface area (Å²) in [6, 6.07) is 10.4. The van der Waals surface area contributed by atoms with E-state index in [1.165, 1.54) is 24.3 Å². The highest BCUT2D eigenvalue weighted by Gasteiger charge is 2.20. The lowest BCUT2D eigenvalue weighted by molar-refractivity contribution is 0.0996. The second kappa shape index (κ2) is 8.47. The molecule has 0 aliphatic rings. The maximum Gasteiger partial charge on any atom is 0.267 e. The highest BCUT2D eigenvalue weighted by atomic mass is 19.1. The zero-order chi connectivity index (χ0) is 23.7. The standard InChI is InChI=1S/C23H18FN7O2/c1-12-21(13(2)31(30-12)11-14-3-5-16(9-25)27-10-14)29-23(33)18-8-20(22(26)32)28-19-6-4-15(24)7-17(18)19/h3-8,10H,11H2,1-2H3,(H2,26,32)(H,29,33). The van der Waals surface area contributed by atoms with Gasteiger partial charge >= 0.3 is 0 Å². The van der Waals surface area contributed by atoms with E-state index in [2.05, 4.69) is 20.4 Å². The van der Waals surface area contributed by atoms with Crippen LogP contribution >= 0.6 is 0 Å². The summed E-state index contributed by atoms with van der Waals surface area (Å²) in [4.78, 5) is 33.0. The fraction of sp³-hybridized carbons (Fsp3) is 0.130. The average molecular weight is 443 g/mol. The quantitative estimate of drug-likeness (QED) is 0.486. The number of fused-ring (bicyclic) bond motifs is 1. The normalized spacial score (nSPS) is 10.7. The number of hydrogen-bond acceptors (Lipinski definition) is 6. The predicted octanol–water partition coefficient (Wildman–Crippen LogP) is 2.85. The number of primary amides is 1. The Hall–Kier alpha value is -4.65. The summed E-state index contributed by atoms with van der Waals surface area (Å²) in [6.07, 6.45) is 1.59. The van der Waals surface area contributed by atoms with Crippen LogP contribution in [0.3, 0.4) is 0 Å². The summed E-state index contributed by atoms with van der Waals surface area (Å²) in [7, 11) is 0. The van der Waals surface area contributed by atoms with Gasteiger partial charge in [0.2, 0.25) is 0 Å². The van der Waals surface area contributed by atoms with E-state index >= 15 is 0 Å². The van der Waals surface area contributed by atoms with Gasteiger partial charge < -0.3 is 11.1 Å². The Bertz CT molecular complexity index is 1450. The molecule has 0 spiro atoms.